The predicted molar refractivity (Wildman–Crippen MR) is 114 cm³/mol. The Labute approximate surface area is 190 Å². The van der Waals surface area contributed by atoms with Crippen LogP contribution in [0.25, 0.3) is 17.1 Å². The number of hydrogen-bond donors (Lipinski definition) is 1. The van der Waals surface area contributed by atoms with E-state index in [0.717, 1.165) is 40.6 Å². The largest absolute Gasteiger partial charge is 0.417 e. The standard InChI is InChI=1S/C22H17F3N8O/c1-12-3-2-4-14-9-17(31-33(12)14)19-18-15(27-11-28-18)7-8-32(19)21-30-29-20(34-21)16-6-5-13(10-26-16)22(23,24)25/h2-6,9-11,19H,7-8H2,1H3,(H,27,28)/t19-/m1/s1. The fourth-order valence-corrected chi connectivity index (χ4v) is 4.21. The molecule has 0 radical (unpaired) electrons. The third-order valence-corrected chi connectivity index (χ3v) is 5.87. The monoisotopic (exact) mass is 466 g/mol. The normalized spacial score (nSPS) is 16.2. The minimum Gasteiger partial charge on any atom is -0.402 e. The molecule has 0 saturated heterocycles. The van der Waals surface area contributed by atoms with Crippen molar-refractivity contribution in [2.75, 3.05) is 11.4 Å². The van der Waals surface area contributed by atoms with E-state index in [4.69, 9.17) is 9.52 Å². The van der Waals surface area contributed by atoms with Crippen LogP contribution in [0.3, 0.4) is 0 Å². The number of pyridine rings is 2. The van der Waals surface area contributed by atoms with E-state index in [0.29, 0.717) is 13.0 Å². The van der Waals surface area contributed by atoms with Crippen LogP contribution in [-0.2, 0) is 12.6 Å². The number of alkyl halides is 3. The first-order valence-electron chi connectivity index (χ1n) is 10.5. The Hall–Kier alpha value is -4.22. The van der Waals surface area contributed by atoms with Gasteiger partial charge in [-0.05, 0) is 37.3 Å². The van der Waals surface area contributed by atoms with Gasteiger partial charge in [0.2, 0.25) is 0 Å². The fourth-order valence-electron chi connectivity index (χ4n) is 4.21. The second-order valence-corrected chi connectivity index (χ2v) is 8.00. The third-order valence-electron chi connectivity index (χ3n) is 5.87. The molecule has 6 heterocycles. The zero-order valence-electron chi connectivity index (χ0n) is 17.8. The van der Waals surface area contributed by atoms with Crippen molar-refractivity contribution < 1.29 is 17.6 Å². The number of fused-ring (bicyclic) bond motifs is 2. The van der Waals surface area contributed by atoms with Gasteiger partial charge >= 0.3 is 12.2 Å². The Balaban J connectivity index is 1.39. The topological polar surface area (TPSA) is 101 Å². The van der Waals surface area contributed by atoms with Crippen molar-refractivity contribution in [3.8, 4) is 11.6 Å². The molecule has 1 N–H and O–H groups in total. The molecule has 9 nitrogen and oxygen atoms in total. The van der Waals surface area contributed by atoms with Crippen LogP contribution in [0.5, 0.6) is 0 Å². The molecule has 172 valence electrons. The van der Waals surface area contributed by atoms with Crippen molar-refractivity contribution in [2.24, 2.45) is 0 Å². The lowest BCUT2D eigenvalue weighted by molar-refractivity contribution is -0.137. The summed E-state index contributed by atoms with van der Waals surface area (Å²) < 4.78 is 46.3. The number of rotatable bonds is 3. The Bertz CT molecular complexity index is 1480. The van der Waals surface area contributed by atoms with E-state index in [1.807, 2.05) is 40.6 Å². The van der Waals surface area contributed by atoms with Gasteiger partial charge in [0.15, 0.2) is 0 Å². The fraction of sp³-hybridized carbons (Fsp3) is 0.227. The molecule has 0 aliphatic carbocycles. The summed E-state index contributed by atoms with van der Waals surface area (Å²) in [6.07, 6.45) is -1.40. The second-order valence-electron chi connectivity index (χ2n) is 8.00. The molecular formula is C22H17F3N8O. The van der Waals surface area contributed by atoms with Crippen LogP contribution in [-0.4, -0.2) is 41.3 Å². The molecule has 0 amide bonds. The lowest BCUT2D eigenvalue weighted by atomic mass is 10.0. The van der Waals surface area contributed by atoms with E-state index >= 15 is 0 Å². The molecule has 5 aromatic rings. The molecule has 0 saturated carbocycles. The molecule has 0 fully saturated rings. The smallest absolute Gasteiger partial charge is 0.402 e. The first-order chi connectivity index (χ1) is 16.4. The van der Waals surface area contributed by atoms with Crippen molar-refractivity contribution in [2.45, 2.75) is 25.6 Å². The van der Waals surface area contributed by atoms with Gasteiger partial charge in [-0.3, -0.25) is 4.98 Å². The Morgan fingerprint density at radius 2 is 2.00 bits per heavy atom. The second kappa shape index (κ2) is 7.40. The van der Waals surface area contributed by atoms with Gasteiger partial charge in [-0.2, -0.15) is 18.3 Å². The van der Waals surface area contributed by atoms with Crippen LogP contribution >= 0.6 is 0 Å². The molecular weight excluding hydrogens is 449 g/mol. The van der Waals surface area contributed by atoms with E-state index in [1.54, 1.807) is 6.33 Å². The number of nitrogens with zero attached hydrogens (tertiary/aromatic N) is 7. The minimum atomic E-state index is -4.47. The van der Waals surface area contributed by atoms with E-state index in [9.17, 15) is 13.2 Å². The van der Waals surface area contributed by atoms with Crippen LogP contribution in [0, 0.1) is 6.92 Å². The van der Waals surface area contributed by atoms with Crippen molar-refractivity contribution in [1.82, 2.24) is 34.8 Å². The molecule has 1 atom stereocenters. The van der Waals surface area contributed by atoms with Crippen LogP contribution < -0.4 is 4.90 Å². The molecule has 0 aromatic carbocycles. The van der Waals surface area contributed by atoms with Gasteiger partial charge in [0.1, 0.15) is 11.7 Å². The van der Waals surface area contributed by atoms with Gasteiger partial charge in [-0.1, -0.05) is 11.2 Å². The summed E-state index contributed by atoms with van der Waals surface area (Å²) in [5.74, 6) is 0.0288. The third kappa shape index (κ3) is 3.29. The number of aromatic amines is 1. The number of anilines is 1. The maximum atomic E-state index is 12.9. The summed E-state index contributed by atoms with van der Waals surface area (Å²) >= 11 is 0. The molecule has 12 heteroatoms. The number of nitrogens with one attached hydrogen (secondary N) is 1. The van der Waals surface area contributed by atoms with Crippen molar-refractivity contribution in [3.05, 3.63) is 77.3 Å². The van der Waals surface area contributed by atoms with E-state index in [1.165, 1.54) is 6.07 Å². The first-order valence-corrected chi connectivity index (χ1v) is 10.5. The van der Waals surface area contributed by atoms with Crippen molar-refractivity contribution in [1.29, 1.82) is 0 Å². The summed E-state index contributed by atoms with van der Waals surface area (Å²) in [5, 5.41) is 13.0. The highest BCUT2D eigenvalue weighted by Crippen LogP contribution is 2.37. The number of aryl methyl sites for hydroxylation is 1. The lowest BCUT2D eigenvalue weighted by Crippen LogP contribution is -2.37. The van der Waals surface area contributed by atoms with Crippen LogP contribution in [0.2, 0.25) is 0 Å². The van der Waals surface area contributed by atoms with Gasteiger partial charge in [-0.15, -0.1) is 5.10 Å². The predicted octanol–water partition coefficient (Wildman–Crippen LogP) is 3.98. The van der Waals surface area contributed by atoms with E-state index < -0.39 is 11.7 Å². The summed E-state index contributed by atoms with van der Waals surface area (Å²) in [7, 11) is 0. The van der Waals surface area contributed by atoms with Crippen LogP contribution in [0.1, 0.15) is 34.4 Å². The maximum Gasteiger partial charge on any atom is 0.417 e. The molecule has 0 spiro atoms. The van der Waals surface area contributed by atoms with Crippen LogP contribution in [0.4, 0.5) is 19.2 Å². The van der Waals surface area contributed by atoms with Gasteiger partial charge < -0.3 is 14.3 Å². The zero-order valence-corrected chi connectivity index (χ0v) is 17.8. The van der Waals surface area contributed by atoms with Gasteiger partial charge in [0.05, 0.1) is 28.8 Å². The molecule has 0 unspecified atom stereocenters. The van der Waals surface area contributed by atoms with Crippen LogP contribution in [0.15, 0.2) is 53.3 Å². The minimum absolute atomic E-state index is 0.0288. The summed E-state index contributed by atoms with van der Waals surface area (Å²) in [6.45, 7) is 2.53. The molecule has 1 aliphatic rings. The summed E-state index contributed by atoms with van der Waals surface area (Å²) in [6, 6.07) is 9.88. The van der Waals surface area contributed by atoms with Crippen molar-refractivity contribution >= 4 is 11.5 Å². The highest BCUT2D eigenvalue weighted by atomic mass is 19.4. The SMILES string of the molecule is Cc1cccc2cc([C@@H]3c4nc[nH]c4CCN3c3nnc(-c4ccc(C(F)(F)F)cn4)o3)nn12. The van der Waals surface area contributed by atoms with E-state index in [-0.39, 0.29) is 23.6 Å². The summed E-state index contributed by atoms with van der Waals surface area (Å²) in [4.78, 5) is 13.5. The molecule has 34 heavy (non-hydrogen) atoms. The average Bonchev–Trinajstić information content (AvgIpc) is 3.57. The molecule has 1 aliphatic heterocycles. The first kappa shape index (κ1) is 20.4. The number of halogens is 3. The molecule has 5 aromatic heterocycles. The number of aromatic nitrogens is 7. The van der Waals surface area contributed by atoms with Gasteiger partial charge in [0, 0.05) is 30.6 Å². The van der Waals surface area contributed by atoms with E-state index in [2.05, 4.69) is 25.1 Å². The quantitative estimate of drug-likeness (QED) is 0.429. The Morgan fingerprint density at radius 3 is 2.76 bits per heavy atom. The Kier molecular flexibility index (Phi) is 4.44. The van der Waals surface area contributed by atoms with Crippen molar-refractivity contribution in [3.63, 3.8) is 0 Å². The molecule has 0 bridgehead atoms. The number of hydrogen-bond acceptors (Lipinski definition) is 7. The average molecular weight is 466 g/mol. The highest BCUT2D eigenvalue weighted by molar-refractivity contribution is 5.54. The zero-order chi connectivity index (χ0) is 23.4. The number of H-pyrrole nitrogens is 1. The van der Waals surface area contributed by atoms with Gasteiger partial charge in [0.25, 0.3) is 5.89 Å². The number of imidazole rings is 1. The molecule has 6 rings (SSSR count). The lowest BCUT2D eigenvalue weighted by Gasteiger charge is -2.32. The Morgan fingerprint density at radius 1 is 1.12 bits per heavy atom. The highest BCUT2D eigenvalue weighted by Gasteiger charge is 2.36. The van der Waals surface area contributed by atoms with Gasteiger partial charge in [-0.25, -0.2) is 9.50 Å². The summed E-state index contributed by atoms with van der Waals surface area (Å²) in [5.41, 5.74) is 3.80. The maximum absolute atomic E-state index is 12.9.